The van der Waals surface area contributed by atoms with Gasteiger partial charge in [-0.3, -0.25) is 4.79 Å². The SMILES string of the molecule is NC(=O)COc1c(Br)cc(-c2c3ccccc3c(Br)c3sc4ccccc4c23)cc1Br. The number of thiophene rings is 1. The lowest BCUT2D eigenvalue weighted by Gasteiger charge is -2.15. The van der Waals surface area contributed by atoms with E-state index < -0.39 is 5.91 Å². The van der Waals surface area contributed by atoms with Crippen LogP contribution in [0.3, 0.4) is 0 Å². The Hall–Kier alpha value is -1.93. The number of rotatable bonds is 4. The highest BCUT2D eigenvalue weighted by Crippen LogP contribution is 2.49. The number of nitrogens with two attached hydrogens (primary N) is 1. The molecule has 0 aliphatic rings. The summed E-state index contributed by atoms with van der Waals surface area (Å²) in [6.45, 7) is -0.183. The monoisotopic (exact) mass is 617 g/mol. The maximum absolute atomic E-state index is 11.2. The van der Waals surface area contributed by atoms with Crippen molar-refractivity contribution in [1.82, 2.24) is 0 Å². The Morgan fingerprint density at radius 1 is 0.903 bits per heavy atom. The third kappa shape index (κ3) is 3.57. The van der Waals surface area contributed by atoms with Gasteiger partial charge in [-0.25, -0.2) is 0 Å². The first-order valence-corrected chi connectivity index (χ1v) is 12.6. The quantitative estimate of drug-likeness (QED) is 0.221. The molecule has 3 nitrogen and oxygen atoms in total. The zero-order valence-electron chi connectivity index (χ0n) is 15.9. The van der Waals surface area contributed by atoms with Gasteiger partial charge in [0.25, 0.3) is 5.91 Å². The Bertz CT molecular complexity index is 1490. The molecule has 1 amide bonds. The zero-order valence-corrected chi connectivity index (χ0v) is 21.5. The molecule has 154 valence electrons. The topological polar surface area (TPSA) is 52.3 Å². The Morgan fingerprint density at radius 3 is 2.19 bits per heavy atom. The lowest BCUT2D eigenvalue weighted by Crippen LogP contribution is -2.20. The van der Waals surface area contributed by atoms with Crippen LogP contribution < -0.4 is 10.5 Å². The molecule has 0 atom stereocenters. The van der Waals surface area contributed by atoms with Gasteiger partial charge in [-0.2, -0.15) is 0 Å². The minimum atomic E-state index is -0.520. The highest BCUT2D eigenvalue weighted by Gasteiger charge is 2.20. The first kappa shape index (κ1) is 20.9. The molecule has 4 aromatic carbocycles. The summed E-state index contributed by atoms with van der Waals surface area (Å²) < 4.78 is 10.7. The van der Waals surface area contributed by atoms with Crippen LogP contribution >= 0.6 is 59.1 Å². The number of benzene rings is 4. The van der Waals surface area contributed by atoms with Crippen LogP contribution in [0.4, 0.5) is 0 Å². The standard InChI is InChI=1S/C24H14Br3NO2S/c25-16-9-12(10-17(26)23(16)30-11-19(28)29)20-13-5-1-2-6-14(13)22(27)24-21(20)15-7-3-4-8-18(15)31-24/h1-10H,11H2,(H2,28,29). The van der Waals surface area contributed by atoms with Crippen LogP contribution in [0.5, 0.6) is 5.75 Å². The van der Waals surface area contributed by atoms with Gasteiger partial charge in [0.05, 0.1) is 13.6 Å². The number of hydrogen-bond donors (Lipinski definition) is 1. The first-order valence-electron chi connectivity index (χ1n) is 9.37. The summed E-state index contributed by atoms with van der Waals surface area (Å²) in [4.78, 5) is 11.2. The van der Waals surface area contributed by atoms with Gasteiger partial charge in [0, 0.05) is 19.9 Å². The fourth-order valence-corrected chi connectivity index (χ4v) is 7.25. The Kier molecular flexibility index (Phi) is 5.54. The number of primary amides is 1. The Labute approximate surface area is 207 Å². The first-order chi connectivity index (χ1) is 15.0. The van der Waals surface area contributed by atoms with Crippen molar-refractivity contribution in [3.05, 3.63) is 74.1 Å². The summed E-state index contributed by atoms with van der Waals surface area (Å²) in [5.74, 6) is 0.0311. The predicted octanol–water partition coefficient (Wildman–Crippen LogP) is 8.03. The highest BCUT2D eigenvalue weighted by atomic mass is 79.9. The summed E-state index contributed by atoms with van der Waals surface area (Å²) in [6.07, 6.45) is 0. The Morgan fingerprint density at radius 2 is 1.52 bits per heavy atom. The van der Waals surface area contributed by atoms with Crippen molar-refractivity contribution in [2.45, 2.75) is 0 Å². The Balaban J connectivity index is 1.87. The number of carbonyl (C=O) groups excluding carboxylic acids is 1. The molecule has 0 saturated heterocycles. The number of ether oxygens (including phenoxy) is 1. The molecule has 2 N–H and O–H groups in total. The highest BCUT2D eigenvalue weighted by molar-refractivity contribution is 9.11. The van der Waals surface area contributed by atoms with Crippen LogP contribution in [-0.4, -0.2) is 12.5 Å². The molecular formula is C24H14Br3NO2S. The third-order valence-electron chi connectivity index (χ3n) is 5.12. The molecular weight excluding hydrogens is 606 g/mol. The van der Waals surface area contributed by atoms with Crippen molar-refractivity contribution >= 4 is 96.0 Å². The van der Waals surface area contributed by atoms with Crippen molar-refractivity contribution in [3.63, 3.8) is 0 Å². The largest absolute Gasteiger partial charge is 0.481 e. The normalized spacial score (nSPS) is 11.5. The van der Waals surface area contributed by atoms with Crippen LogP contribution in [0, 0.1) is 0 Å². The smallest absolute Gasteiger partial charge is 0.255 e. The second kappa shape index (κ2) is 8.20. The average molecular weight is 620 g/mol. The van der Waals surface area contributed by atoms with Crippen molar-refractivity contribution in [2.75, 3.05) is 6.61 Å². The van der Waals surface area contributed by atoms with Crippen molar-refractivity contribution in [2.24, 2.45) is 5.73 Å². The minimum Gasteiger partial charge on any atom is -0.481 e. The molecule has 1 aromatic heterocycles. The van der Waals surface area contributed by atoms with Gasteiger partial charge in [0.15, 0.2) is 6.61 Å². The van der Waals surface area contributed by atoms with E-state index in [1.807, 2.05) is 12.1 Å². The summed E-state index contributed by atoms with van der Waals surface area (Å²) in [5.41, 5.74) is 7.45. The maximum atomic E-state index is 11.2. The molecule has 5 aromatic rings. The number of carbonyl (C=O) groups is 1. The summed E-state index contributed by atoms with van der Waals surface area (Å²) in [6, 6.07) is 21.0. The fourth-order valence-electron chi connectivity index (χ4n) is 3.88. The molecule has 0 aliphatic carbocycles. The van der Waals surface area contributed by atoms with E-state index in [9.17, 15) is 4.79 Å². The summed E-state index contributed by atoms with van der Waals surface area (Å²) >= 11 is 12.9. The van der Waals surface area contributed by atoms with Crippen LogP contribution in [0.15, 0.2) is 74.1 Å². The second-order valence-electron chi connectivity index (χ2n) is 7.06. The van der Waals surface area contributed by atoms with Crippen molar-refractivity contribution < 1.29 is 9.53 Å². The van der Waals surface area contributed by atoms with Gasteiger partial charge >= 0.3 is 0 Å². The summed E-state index contributed by atoms with van der Waals surface area (Å²) in [5, 5.41) is 4.77. The minimum absolute atomic E-state index is 0.183. The van der Waals surface area contributed by atoms with E-state index in [2.05, 4.69) is 96.3 Å². The maximum Gasteiger partial charge on any atom is 0.255 e. The lowest BCUT2D eigenvalue weighted by atomic mass is 9.93. The number of halogens is 3. The molecule has 0 spiro atoms. The number of hydrogen-bond acceptors (Lipinski definition) is 3. The van der Waals surface area contributed by atoms with E-state index >= 15 is 0 Å². The van der Waals surface area contributed by atoms with Crippen LogP contribution in [0.1, 0.15) is 0 Å². The van der Waals surface area contributed by atoms with Crippen LogP contribution in [-0.2, 0) is 4.79 Å². The fraction of sp³-hybridized carbons (Fsp3) is 0.0417. The van der Waals surface area contributed by atoms with E-state index in [-0.39, 0.29) is 6.61 Å². The number of fused-ring (bicyclic) bond motifs is 4. The molecule has 0 bridgehead atoms. The molecule has 0 fully saturated rings. The molecule has 0 aliphatic heterocycles. The summed E-state index contributed by atoms with van der Waals surface area (Å²) in [7, 11) is 0. The molecule has 1 heterocycles. The molecule has 0 saturated carbocycles. The van der Waals surface area contributed by atoms with Crippen molar-refractivity contribution in [3.8, 4) is 16.9 Å². The van der Waals surface area contributed by atoms with Gasteiger partial charge in [-0.15, -0.1) is 11.3 Å². The van der Waals surface area contributed by atoms with Gasteiger partial charge in [-0.05, 0) is 87.9 Å². The van der Waals surface area contributed by atoms with Gasteiger partial charge in [0.2, 0.25) is 0 Å². The van der Waals surface area contributed by atoms with Gasteiger partial charge in [-0.1, -0.05) is 42.5 Å². The molecule has 0 unspecified atom stereocenters. The second-order valence-corrected chi connectivity index (χ2v) is 10.6. The molecule has 0 radical (unpaired) electrons. The lowest BCUT2D eigenvalue weighted by molar-refractivity contribution is -0.119. The zero-order chi connectivity index (χ0) is 21.7. The van der Waals surface area contributed by atoms with E-state index in [0.717, 1.165) is 35.3 Å². The van der Waals surface area contributed by atoms with E-state index in [1.54, 1.807) is 11.3 Å². The van der Waals surface area contributed by atoms with Crippen LogP contribution in [0.25, 0.3) is 42.1 Å². The average Bonchev–Trinajstić information content (AvgIpc) is 3.13. The van der Waals surface area contributed by atoms with Crippen molar-refractivity contribution in [1.29, 1.82) is 0 Å². The van der Waals surface area contributed by atoms with E-state index in [4.69, 9.17) is 10.5 Å². The van der Waals surface area contributed by atoms with E-state index in [1.165, 1.54) is 20.2 Å². The van der Waals surface area contributed by atoms with E-state index in [0.29, 0.717) is 5.75 Å². The number of amides is 1. The molecule has 7 heteroatoms. The predicted molar refractivity (Wildman–Crippen MR) is 140 cm³/mol. The van der Waals surface area contributed by atoms with Crippen LogP contribution in [0.2, 0.25) is 0 Å². The molecule has 5 rings (SSSR count). The molecule has 31 heavy (non-hydrogen) atoms. The van der Waals surface area contributed by atoms with Gasteiger partial charge < -0.3 is 10.5 Å². The third-order valence-corrected chi connectivity index (χ3v) is 8.58. The van der Waals surface area contributed by atoms with Gasteiger partial charge in [0.1, 0.15) is 5.75 Å².